The number of carbonyl (C=O) groups excluding carboxylic acids is 1. The van der Waals surface area contributed by atoms with Gasteiger partial charge in [0.25, 0.3) is 5.69 Å². The lowest BCUT2D eigenvalue weighted by Crippen LogP contribution is -2.36. The molecule has 0 heterocycles. The van der Waals surface area contributed by atoms with E-state index in [0.717, 1.165) is 0 Å². The van der Waals surface area contributed by atoms with Crippen molar-refractivity contribution in [2.45, 2.75) is 6.42 Å². The number of carbonyl (C=O) groups is 1. The number of nitrogens with one attached hydrogen (secondary N) is 1. The van der Waals surface area contributed by atoms with E-state index in [-0.39, 0.29) is 29.4 Å². The highest BCUT2D eigenvalue weighted by molar-refractivity contribution is 5.82. The van der Waals surface area contributed by atoms with Crippen LogP contribution in [0.1, 0.15) is 12.0 Å². The molecule has 0 saturated heterocycles. The van der Waals surface area contributed by atoms with Crippen LogP contribution in [-0.4, -0.2) is 44.7 Å². The summed E-state index contributed by atoms with van der Waals surface area (Å²) in [7, 11) is 3.17. The highest BCUT2D eigenvalue weighted by atomic mass is 16.6. The summed E-state index contributed by atoms with van der Waals surface area (Å²) in [6.45, 7) is 1.02. The van der Waals surface area contributed by atoms with Gasteiger partial charge in [0.2, 0.25) is 5.91 Å². The fourth-order valence-electron chi connectivity index (χ4n) is 1.86. The smallest absolute Gasteiger partial charge is 0.293 e. The van der Waals surface area contributed by atoms with E-state index in [2.05, 4.69) is 5.32 Å². The van der Waals surface area contributed by atoms with Crippen LogP contribution in [0.3, 0.4) is 0 Å². The van der Waals surface area contributed by atoms with Crippen molar-refractivity contribution in [2.24, 2.45) is 0 Å². The molecular weight excluding hydrogens is 288 g/mol. The second-order valence-electron chi connectivity index (χ2n) is 4.62. The molecule has 1 aromatic rings. The van der Waals surface area contributed by atoms with Crippen LogP contribution >= 0.6 is 0 Å². The third-order valence-electron chi connectivity index (χ3n) is 2.94. The minimum Gasteiger partial charge on any atom is -0.385 e. The standard InChI is InChI=1S/C14H18N4O4/c1-17(10-14(19)16-6-3-7-22-2)12-5-4-11(9-15)8-13(12)18(20)21/h4-5,8H,3,6-7,10H2,1-2H3,(H,16,19). The maximum atomic E-state index is 11.8. The van der Waals surface area contributed by atoms with Crippen LogP contribution in [0.15, 0.2) is 18.2 Å². The number of nitro benzene ring substituents is 1. The normalized spacial score (nSPS) is 9.86. The zero-order valence-electron chi connectivity index (χ0n) is 12.5. The van der Waals surface area contributed by atoms with E-state index in [1.165, 1.54) is 23.1 Å². The molecule has 0 aromatic heterocycles. The minimum absolute atomic E-state index is 0.0142. The number of anilines is 1. The van der Waals surface area contributed by atoms with Gasteiger partial charge in [-0.15, -0.1) is 0 Å². The first kappa shape index (κ1) is 17.4. The topological polar surface area (TPSA) is 108 Å². The van der Waals surface area contributed by atoms with Crippen LogP contribution in [0, 0.1) is 21.4 Å². The van der Waals surface area contributed by atoms with E-state index >= 15 is 0 Å². The minimum atomic E-state index is -0.566. The predicted octanol–water partition coefficient (Wildman–Crippen LogP) is 1.06. The Kier molecular flexibility index (Phi) is 6.79. The van der Waals surface area contributed by atoms with E-state index in [1.807, 2.05) is 6.07 Å². The number of nitrogens with zero attached hydrogens (tertiary/aromatic N) is 3. The molecule has 0 fully saturated rings. The van der Waals surface area contributed by atoms with Crippen molar-refractivity contribution < 1.29 is 14.5 Å². The molecule has 8 nitrogen and oxygen atoms in total. The molecule has 0 aliphatic rings. The van der Waals surface area contributed by atoms with Crippen molar-refractivity contribution in [2.75, 3.05) is 38.8 Å². The lowest BCUT2D eigenvalue weighted by atomic mass is 10.1. The number of likely N-dealkylation sites (N-methyl/N-ethyl adjacent to an activating group) is 1. The van der Waals surface area contributed by atoms with Gasteiger partial charge >= 0.3 is 0 Å². The maximum absolute atomic E-state index is 11.8. The van der Waals surface area contributed by atoms with Crippen molar-refractivity contribution in [1.29, 1.82) is 5.26 Å². The molecule has 0 aliphatic heterocycles. The summed E-state index contributed by atoms with van der Waals surface area (Å²) in [6.07, 6.45) is 0.697. The van der Waals surface area contributed by atoms with Crippen molar-refractivity contribution in [3.05, 3.63) is 33.9 Å². The van der Waals surface area contributed by atoms with Gasteiger partial charge in [-0.25, -0.2) is 0 Å². The fraction of sp³-hybridized carbons (Fsp3) is 0.429. The molecule has 0 atom stereocenters. The molecular formula is C14H18N4O4. The SMILES string of the molecule is COCCCNC(=O)CN(C)c1ccc(C#N)cc1[N+](=O)[O-]. The van der Waals surface area contributed by atoms with Gasteiger partial charge < -0.3 is 15.0 Å². The van der Waals surface area contributed by atoms with Gasteiger partial charge in [0.1, 0.15) is 5.69 Å². The van der Waals surface area contributed by atoms with Crippen molar-refractivity contribution >= 4 is 17.3 Å². The zero-order valence-corrected chi connectivity index (χ0v) is 12.5. The number of nitriles is 1. The van der Waals surface area contributed by atoms with E-state index in [4.69, 9.17) is 10.00 Å². The summed E-state index contributed by atoms with van der Waals surface area (Å²) in [5.74, 6) is -0.239. The summed E-state index contributed by atoms with van der Waals surface area (Å²) >= 11 is 0. The Morgan fingerprint density at radius 3 is 2.86 bits per heavy atom. The number of hydrogen-bond acceptors (Lipinski definition) is 6. The quantitative estimate of drug-likeness (QED) is 0.437. The van der Waals surface area contributed by atoms with E-state index in [0.29, 0.717) is 19.6 Å². The fourth-order valence-corrected chi connectivity index (χ4v) is 1.86. The molecule has 0 aliphatic carbocycles. The first-order chi connectivity index (χ1) is 10.5. The van der Waals surface area contributed by atoms with Gasteiger partial charge in [0, 0.05) is 33.4 Å². The number of amides is 1. The molecule has 0 unspecified atom stereocenters. The molecule has 1 amide bonds. The Bertz CT molecular complexity index is 583. The maximum Gasteiger partial charge on any atom is 0.293 e. The lowest BCUT2D eigenvalue weighted by Gasteiger charge is -2.18. The van der Waals surface area contributed by atoms with Crippen LogP contribution in [0.25, 0.3) is 0 Å². The Labute approximate surface area is 128 Å². The van der Waals surface area contributed by atoms with E-state index < -0.39 is 4.92 Å². The Morgan fingerprint density at radius 1 is 1.55 bits per heavy atom. The van der Waals surface area contributed by atoms with Gasteiger partial charge in [-0.1, -0.05) is 0 Å². The molecule has 0 bridgehead atoms. The Hall–Kier alpha value is -2.66. The summed E-state index contributed by atoms with van der Waals surface area (Å²) in [5.41, 5.74) is 0.289. The van der Waals surface area contributed by atoms with Crippen molar-refractivity contribution in [1.82, 2.24) is 5.32 Å². The van der Waals surface area contributed by atoms with Crippen LogP contribution in [0.4, 0.5) is 11.4 Å². The van der Waals surface area contributed by atoms with E-state index in [1.54, 1.807) is 14.2 Å². The van der Waals surface area contributed by atoms with Crippen molar-refractivity contribution in [3.63, 3.8) is 0 Å². The molecule has 1 aromatic carbocycles. The lowest BCUT2D eigenvalue weighted by molar-refractivity contribution is -0.384. The van der Waals surface area contributed by atoms with Crippen LogP contribution < -0.4 is 10.2 Å². The highest BCUT2D eigenvalue weighted by Gasteiger charge is 2.19. The van der Waals surface area contributed by atoms with Gasteiger partial charge in [0.05, 0.1) is 23.1 Å². The predicted molar refractivity (Wildman–Crippen MR) is 80.6 cm³/mol. The van der Waals surface area contributed by atoms with Gasteiger partial charge in [-0.3, -0.25) is 14.9 Å². The van der Waals surface area contributed by atoms with E-state index in [9.17, 15) is 14.9 Å². The number of rotatable bonds is 8. The third-order valence-corrected chi connectivity index (χ3v) is 2.94. The van der Waals surface area contributed by atoms with Gasteiger partial charge in [-0.2, -0.15) is 5.26 Å². The molecule has 1 rings (SSSR count). The summed E-state index contributed by atoms with van der Waals surface area (Å²) in [6, 6.07) is 6.00. The van der Waals surface area contributed by atoms with Crippen LogP contribution in [0.2, 0.25) is 0 Å². The zero-order chi connectivity index (χ0) is 16.5. The van der Waals surface area contributed by atoms with Gasteiger partial charge in [0.15, 0.2) is 0 Å². The first-order valence-corrected chi connectivity index (χ1v) is 6.65. The van der Waals surface area contributed by atoms with Crippen LogP contribution in [-0.2, 0) is 9.53 Å². The molecule has 22 heavy (non-hydrogen) atoms. The molecule has 0 spiro atoms. The number of nitro groups is 1. The Balaban J connectivity index is 2.73. The molecule has 1 N–H and O–H groups in total. The average Bonchev–Trinajstić information content (AvgIpc) is 2.50. The summed E-state index contributed by atoms with van der Waals surface area (Å²) < 4.78 is 4.87. The summed E-state index contributed by atoms with van der Waals surface area (Å²) in [4.78, 5) is 23.8. The Morgan fingerprint density at radius 2 is 2.27 bits per heavy atom. The highest BCUT2D eigenvalue weighted by Crippen LogP contribution is 2.28. The van der Waals surface area contributed by atoms with Gasteiger partial charge in [-0.05, 0) is 18.6 Å². The number of methoxy groups -OCH3 is 1. The van der Waals surface area contributed by atoms with Crippen LogP contribution in [0.5, 0.6) is 0 Å². The largest absolute Gasteiger partial charge is 0.385 e. The number of ether oxygens (including phenoxy) is 1. The number of benzene rings is 1. The molecule has 118 valence electrons. The first-order valence-electron chi connectivity index (χ1n) is 6.65. The third kappa shape index (κ3) is 5.03. The molecule has 0 saturated carbocycles. The monoisotopic (exact) mass is 306 g/mol. The summed E-state index contributed by atoms with van der Waals surface area (Å²) in [5, 5.41) is 22.6. The second-order valence-corrected chi connectivity index (χ2v) is 4.62. The second kappa shape index (κ2) is 8.59. The number of hydrogen-bond donors (Lipinski definition) is 1. The average molecular weight is 306 g/mol. The molecule has 8 heteroatoms. The molecule has 0 radical (unpaired) electrons. The van der Waals surface area contributed by atoms with Crippen molar-refractivity contribution in [3.8, 4) is 6.07 Å².